The molecule has 2 amide bonds. The highest BCUT2D eigenvalue weighted by molar-refractivity contribution is 7.15. The zero-order valence-electron chi connectivity index (χ0n) is 15.8. The van der Waals surface area contributed by atoms with Crippen molar-refractivity contribution >= 4 is 34.0 Å². The summed E-state index contributed by atoms with van der Waals surface area (Å²) in [4.78, 5) is 26.5. The van der Waals surface area contributed by atoms with Crippen molar-refractivity contribution in [2.45, 2.75) is 25.7 Å². The van der Waals surface area contributed by atoms with E-state index in [2.05, 4.69) is 22.4 Å². The summed E-state index contributed by atoms with van der Waals surface area (Å²) in [6, 6.07) is 13.7. The molecule has 1 atom stereocenters. The summed E-state index contributed by atoms with van der Waals surface area (Å²) < 4.78 is 13.8. The maximum absolute atomic E-state index is 13.8. The fraction of sp³-hybridized carbons (Fsp3) is 0.238. The Morgan fingerprint density at radius 1 is 1.21 bits per heavy atom. The number of hydrogen-bond donors (Lipinski definition) is 1. The maximum atomic E-state index is 13.8. The molecule has 0 saturated carbocycles. The molecular weight excluding hydrogens is 391 g/mol. The van der Waals surface area contributed by atoms with Crippen molar-refractivity contribution in [2.75, 3.05) is 16.8 Å². The Morgan fingerprint density at radius 2 is 1.97 bits per heavy atom. The van der Waals surface area contributed by atoms with Gasteiger partial charge in [0.15, 0.2) is 0 Å². The number of carbonyl (C=O) groups is 2. The van der Waals surface area contributed by atoms with Crippen LogP contribution in [0.3, 0.4) is 0 Å². The van der Waals surface area contributed by atoms with Gasteiger partial charge in [-0.25, -0.2) is 4.39 Å². The minimum atomic E-state index is -0.596. The van der Waals surface area contributed by atoms with E-state index in [1.165, 1.54) is 35.1 Å². The smallest absolute Gasteiger partial charge is 0.260 e. The highest BCUT2D eigenvalue weighted by Crippen LogP contribution is 2.34. The first-order chi connectivity index (χ1) is 14.0. The Labute approximate surface area is 171 Å². The average Bonchev–Trinajstić information content (AvgIpc) is 3.35. The zero-order chi connectivity index (χ0) is 20.4. The third-order valence-corrected chi connectivity index (χ3v) is 5.91. The van der Waals surface area contributed by atoms with Crippen LogP contribution in [0.25, 0.3) is 0 Å². The monoisotopic (exact) mass is 410 g/mol. The summed E-state index contributed by atoms with van der Waals surface area (Å²) in [5.74, 6) is -1.23. The minimum absolute atomic E-state index is 0.0337. The summed E-state index contributed by atoms with van der Waals surface area (Å²) in [6.45, 7) is 2.60. The van der Waals surface area contributed by atoms with Crippen LogP contribution in [0.1, 0.15) is 40.2 Å². The fourth-order valence-corrected chi connectivity index (χ4v) is 4.12. The van der Waals surface area contributed by atoms with Crippen LogP contribution in [0.4, 0.5) is 15.2 Å². The second-order valence-electron chi connectivity index (χ2n) is 6.80. The normalized spacial score (nSPS) is 16.3. The average molecular weight is 410 g/mol. The Balaban J connectivity index is 1.45. The van der Waals surface area contributed by atoms with Gasteiger partial charge in [0.05, 0.1) is 5.56 Å². The molecule has 0 unspecified atom stereocenters. The molecule has 1 N–H and O–H groups in total. The molecule has 8 heteroatoms. The predicted molar refractivity (Wildman–Crippen MR) is 110 cm³/mol. The lowest BCUT2D eigenvalue weighted by atomic mass is 10.1. The van der Waals surface area contributed by atoms with Crippen molar-refractivity contribution in [3.8, 4) is 0 Å². The van der Waals surface area contributed by atoms with Crippen LogP contribution in [-0.4, -0.2) is 28.6 Å². The molecule has 1 aliphatic heterocycles. The highest BCUT2D eigenvalue weighted by Gasteiger charge is 2.34. The van der Waals surface area contributed by atoms with Gasteiger partial charge in [0.25, 0.3) is 5.91 Å². The number of nitrogens with zero attached hydrogens (tertiary/aromatic N) is 3. The number of aromatic nitrogens is 2. The number of hydrogen-bond acceptors (Lipinski definition) is 5. The van der Waals surface area contributed by atoms with E-state index in [-0.39, 0.29) is 22.5 Å². The van der Waals surface area contributed by atoms with E-state index in [0.29, 0.717) is 18.0 Å². The molecule has 2 heterocycles. The molecule has 4 rings (SSSR count). The molecule has 1 saturated heterocycles. The molecular formula is C21H19FN4O2S. The molecule has 2 aromatic carbocycles. The number of rotatable bonds is 5. The first kappa shape index (κ1) is 19.2. The van der Waals surface area contributed by atoms with Crippen molar-refractivity contribution in [3.63, 3.8) is 0 Å². The van der Waals surface area contributed by atoms with E-state index < -0.39 is 11.7 Å². The summed E-state index contributed by atoms with van der Waals surface area (Å²) in [6.07, 6.45) is 1.29. The first-order valence-corrected chi connectivity index (χ1v) is 10.2. The van der Waals surface area contributed by atoms with Crippen molar-refractivity contribution in [1.29, 1.82) is 0 Å². The second kappa shape index (κ2) is 8.08. The third kappa shape index (κ3) is 4.02. The van der Waals surface area contributed by atoms with E-state index in [1.54, 1.807) is 11.0 Å². The minimum Gasteiger partial charge on any atom is -0.312 e. The van der Waals surface area contributed by atoms with Gasteiger partial charge in [0, 0.05) is 24.6 Å². The Kier molecular flexibility index (Phi) is 5.35. The highest BCUT2D eigenvalue weighted by atomic mass is 32.1. The number of anilines is 2. The van der Waals surface area contributed by atoms with E-state index in [9.17, 15) is 14.0 Å². The van der Waals surface area contributed by atoms with Gasteiger partial charge in [-0.2, -0.15) is 0 Å². The number of benzene rings is 2. The Bertz CT molecular complexity index is 1050. The SMILES string of the molecule is CCc1ccc(N2C[C@@H](c3nnc(NC(=O)c4ccccc4F)s3)CC2=O)cc1. The van der Waals surface area contributed by atoms with E-state index in [4.69, 9.17) is 0 Å². The molecule has 148 valence electrons. The summed E-state index contributed by atoms with van der Waals surface area (Å²) in [5, 5.41) is 11.7. The van der Waals surface area contributed by atoms with Gasteiger partial charge in [0.1, 0.15) is 10.8 Å². The van der Waals surface area contributed by atoms with Gasteiger partial charge in [-0.1, -0.05) is 42.5 Å². The van der Waals surface area contributed by atoms with E-state index in [0.717, 1.165) is 12.1 Å². The van der Waals surface area contributed by atoms with Crippen LogP contribution >= 0.6 is 11.3 Å². The van der Waals surface area contributed by atoms with Crippen LogP contribution in [0.2, 0.25) is 0 Å². The molecule has 3 aromatic rings. The van der Waals surface area contributed by atoms with E-state index >= 15 is 0 Å². The molecule has 29 heavy (non-hydrogen) atoms. The lowest BCUT2D eigenvalue weighted by Crippen LogP contribution is -2.24. The lowest BCUT2D eigenvalue weighted by Gasteiger charge is -2.16. The summed E-state index contributed by atoms with van der Waals surface area (Å²) >= 11 is 1.21. The molecule has 1 fully saturated rings. The zero-order valence-corrected chi connectivity index (χ0v) is 16.6. The number of carbonyl (C=O) groups excluding carboxylic acids is 2. The lowest BCUT2D eigenvalue weighted by molar-refractivity contribution is -0.117. The van der Waals surface area contributed by atoms with Crippen LogP contribution < -0.4 is 10.2 Å². The molecule has 0 bridgehead atoms. The number of amides is 2. The standard InChI is InChI=1S/C21H19FN4O2S/c1-2-13-7-9-15(10-8-13)26-12-14(11-18(26)27)20-24-25-21(29-20)23-19(28)16-5-3-4-6-17(16)22/h3-10,14H,2,11-12H2,1H3,(H,23,25,28)/t14-/m0/s1. The van der Waals surface area contributed by atoms with Crippen molar-refractivity contribution in [2.24, 2.45) is 0 Å². The van der Waals surface area contributed by atoms with Gasteiger partial charge >= 0.3 is 0 Å². The van der Waals surface area contributed by atoms with Gasteiger partial charge in [-0.15, -0.1) is 10.2 Å². The molecule has 0 radical (unpaired) electrons. The maximum Gasteiger partial charge on any atom is 0.260 e. The van der Waals surface area contributed by atoms with Crippen molar-refractivity contribution in [1.82, 2.24) is 10.2 Å². The molecule has 0 aliphatic carbocycles. The van der Waals surface area contributed by atoms with Gasteiger partial charge in [-0.3, -0.25) is 14.9 Å². The molecule has 1 aliphatic rings. The van der Waals surface area contributed by atoms with Crippen LogP contribution in [0.5, 0.6) is 0 Å². The van der Waals surface area contributed by atoms with Crippen LogP contribution in [-0.2, 0) is 11.2 Å². The van der Waals surface area contributed by atoms with Gasteiger partial charge in [-0.05, 0) is 36.2 Å². The van der Waals surface area contributed by atoms with Crippen LogP contribution in [0, 0.1) is 5.82 Å². The predicted octanol–water partition coefficient (Wildman–Crippen LogP) is 4.01. The fourth-order valence-electron chi connectivity index (χ4n) is 3.29. The first-order valence-electron chi connectivity index (χ1n) is 9.33. The number of halogens is 1. The summed E-state index contributed by atoms with van der Waals surface area (Å²) in [5.41, 5.74) is 2.03. The molecule has 1 aromatic heterocycles. The third-order valence-electron chi connectivity index (χ3n) is 4.91. The molecule has 0 spiro atoms. The van der Waals surface area contributed by atoms with Crippen molar-refractivity contribution in [3.05, 3.63) is 70.5 Å². The topological polar surface area (TPSA) is 75.2 Å². The second-order valence-corrected chi connectivity index (χ2v) is 7.81. The van der Waals surface area contributed by atoms with Crippen LogP contribution in [0.15, 0.2) is 48.5 Å². The van der Waals surface area contributed by atoms with Crippen molar-refractivity contribution < 1.29 is 14.0 Å². The van der Waals surface area contributed by atoms with E-state index in [1.807, 2.05) is 24.3 Å². The Morgan fingerprint density at radius 3 is 2.69 bits per heavy atom. The quantitative estimate of drug-likeness (QED) is 0.690. The Hall–Kier alpha value is -3.13. The van der Waals surface area contributed by atoms with Gasteiger partial charge < -0.3 is 4.90 Å². The summed E-state index contributed by atoms with van der Waals surface area (Å²) in [7, 11) is 0. The number of nitrogens with one attached hydrogen (secondary N) is 1. The molecule has 6 nitrogen and oxygen atoms in total. The largest absolute Gasteiger partial charge is 0.312 e. The van der Waals surface area contributed by atoms with Gasteiger partial charge in [0.2, 0.25) is 11.0 Å². The number of aryl methyl sites for hydroxylation is 1.